The minimum absolute atomic E-state index is 0.0762. The monoisotopic (exact) mass is 219 g/mol. The third-order valence-corrected chi connectivity index (χ3v) is 2.22. The number of anilines is 1. The van der Waals surface area contributed by atoms with Crippen molar-refractivity contribution in [3.63, 3.8) is 0 Å². The molecular weight excluding hydrogens is 202 g/mol. The summed E-state index contributed by atoms with van der Waals surface area (Å²) in [6, 6.07) is 9.41. The molecule has 1 aromatic rings. The predicted octanol–water partition coefficient (Wildman–Crippen LogP) is 1.98. The summed E-state index contributed by atoms with van der Waals surface area (Å²) in [6.07, 6.45) is 0.563. The number of carbonyl (C=O) groups excluding carboxylic acids is 1. The molecule has 0 saturated heterocycles. The van der Waals surface area contributed by atoms with Crippen molar-refractivity contribution in [2.75, 3.05) is 18.1 Å². The molecule has 0 saturated carbocycles. The average molecular weight is 219 g/mol. The van der Waals surface area contributed by atoms with E-state index in [1.54, 1.807) is 11.8 Å². The van der Waals surface area contributed by atoms with E-state index in [-0.39, 0.29) is 12.5 Å². The summed E-state index contributed by atoms with van der Waals surface area (Å²) in [7, 11) is 0. The molecule has 0 aliphatic rings. The highest BCUT2D eigenvalue weighted by Crippen LogP contribution is 2.15. The van der Waals surface area contributed by atoms with Gasteiger partial charge in [-0.1, -0.05) is 24.8 Å². The Morgan fingerprint density at radius 1 is 1.38 bits per heavy atom. The summed E-state index contributed by atoms with van der Waals surface area (Å²) >= 11 is 0. The number of benzene rings is 1. The Morgan fingerprint density at radius 2 is 2.00 bits per heavy atom. The van der Waals surface area contributed by atoms with Crippen LogP contribution < -0.4 is 4.90 Å². The van der Waals surface area contributed by atoms with Gasteiger partial charge < -0.3 is 10.0 Å². The Balaban J connectivity index is 2.87. The standard InChI is InChI=1S/C13H17NO2/c1-11(2)13(16)14(9-6-10-15)12-7-4-3-5-8-12/h3-5,7-8,15H,1,6,9-10H2,2H3. The smallest absolute Gasteiger partial charge is 0.253 e. The zero-order valence-electron chi connectivity index (χ0n) is 9.52. The van der Waals surface area contributed by atoms with Crippen LogP contribution in [0, 0.1) is 0 Å². The van der Waals surface area contributed by atoms with Gasteiger partial charge in [-0.15, -0.1) is 0 Å². The number of aliphatic hydroxyl groups is 1. The van der Waals surface area contributed by atoms with Crippen molar-refractivity contribution in [2.45, 2.75) is 13.3 Å². The lowest BCUT2D eigenvalue weighted by molar-refractivity contribution is -0.115. The van der Waals surface area contributed by atoms with Gasteiger partial charge in [-0.25, -0.2) is 0 Å². The number of hydrogen-bond donors (Lipinski definition) is 1. The van der Waals surface area contributed by atoms with Crippen molar-refractivity contribution in [2.24, 2.45) is 0 Å². The maximum absolute atomic E-state index is 11.9. The maximum atomic E-state index is 11.9. The molecule has 1 rings (SSSR count). The van der Waals surface area contributed by atoms with E-state index < -0.39 is 0 Å². The van der Waals surface area contributed by atoms with Crippen LogP contribution >= 0.6 is 0 Å². The van der Waals surface area contributed by atoms with Crippen LogP contribution in [0.3, 0.4) is 0 Å². The lowest BCUT2D eigenvalue weighted by atomic mass is 10.2. The first kappa shape index (κ1) is 12.5. The topological polar surface area (TPSA) is 40.5 Å². The molecule has 16 heavy (non-hydrogen) atoms. The summed E-state index contributed by atoms with van der Waals surface area (Å²) in [4.78, 5) is 13.5. The normalized spacial score (nSPS) is 9.88. The van der Waals surface area contributed by atoms with Gasteiger partial charge in [0.1, 0.15) is 0 Å². The second kappa shape index (κ2) is 6.08. The van der Waals surface area contributed by atoms with Gasteiger partial charge in [0.25, 0.3) is 5.91 Å². The summed E-state index contributed by atoms with van der Waals surface area (Å²) in [5.74, 6) is -0.0975. The van der Waals surface area contributed by atoms with Gasteiger partial charge in [-0.3, -0.25) is 4.79 Å². The summed E-state index contributed by atoms with van der Waals surface area (Å²) in [5.41, 5.74) is 1.34. The van der Waals surface area contributed by atoms with E-state index >= 15 is 0 Å². The molecule has 0 unspecified atom stereocenters. The number of nitrogens with zero attached hydrogens (tertiary/aromatic N) is 1. The molecule has 3 nitrogen and oxygen atoms in total. The van der Waals surface area contributed by atoms with E-state index in [0.717, 1.165) is 5.69 Å². The fourth-order valence-corrected chi connectivity index (χ4v) is 1.42. The van der Waals surface area contributed by atoms with E-state index in [1.165, 1.54) is 0 Å². The predicted molar refractivity (Wildman–Crippen MR) is 65.3 cm³/mol. The fourth-order valence-electron chi connectivity index (χ4n) is 1.42. The van der Waals surface area contributed by atoms with Crippen LogP contribution in [0.1, 0.15) is 13.3 Å². The van der Waals surface area contributed by atoms with Crippen LogP contribution in [-0.4, -0.2) is 24.2 Å². The molecule has 3 heteroatoms. The zero-order chi connectivity index (χ0) is 12.0. The van der Waals surface area contributed by atoms with Crippen molar-refractivity contribution in [3.8, 4) is 0 Å². The van der Waals surface area contributed by atoms with Gasteiger partial charge in [0.05, 0.1) is 0 Å². The van der Waals surface area contributed by atoms with Crippen molar-refractivity contribution in [1.29, 1.82) is 0 Å². The molecule has 1 aromatic carbocycles. The molecule has 0 radical (unpaired) electrons. The van der Waals surface area contributed by atoms with Gasteiger partial charge in [0.2, 0.25) is 0 Å². The number of para-hydroxylation sites is 1. The summed E-state index contributed by atoms with van der Waals surface area (Å²) < 4.78 is 0. The number of aliphatic hydroxyl groups excluding tert-OH is 1. The Kier molecular flexibility index (Phi) is 4.73. The second-order valence-electron chi connectivity index (χ2n) is 3.65. The molecule has 0 atom stereocenters. The molecule has 0 spiro atoms. The Bertz CT molecular complexity index is 359. The zero-order valence-corrected chi connectivity index (χ0v) is 9.52. The molecule has 0 aromatic heterocycles. The molecule has 1 N–H and O–H groups in total. The molecule has 0 aliphatic carbocycles. The van der Waals surface area contributed by atoms with Crippen molar-refractivity contribution >= 4 is 11.6 Å². The maximum Gasteiger partial charge on any atom is 0.253 e. The van der Waals surface area contributed by atoms with Crippen molar-refractivity contribution in [3.05, 3.63) is 42.5 Å². The van der Waals surface area contributed by atoms with Crippen LogP contribution in [0.4, 0.5) is 5.69 Å². The highest BCUT2D eigenvalue weighted by atomic mass is 16.3. The molecule has 0 bridgehead atoms. The van der Waals surface area contributed by atoms with Crippen LogP contribution in [0.25, 0.3) is 0 Å². The lowest BCUT2D eigenvalue weighted by Gasteiger charge is -2.22. The quantitative estimate of drug-likeness (QED) is 0.769. The van der Waals surface area contributed by atoms with Crippen LogP contribution in [0.2, 0.25) is 0 Å². The third-order valence-electron chi connectivity index (χ3n) is 2.22. The van der Waals surface area contributed by atoms with Crippen molar-refractivity contribution < 1.29 is 9.90 Å². The minimum Gasteiger partial charge on any atom is -0.396 e. The molecule has 1 amide bonds. The molecular formula is C13H17NO2. The summed E-state index contributed by atoms with van der Waals surface area (Å²) in [5, 5.41) is 8.82. The van der Waals surface area contributed by atoms with E-state index in [2.05, 4.69) is 6.58 Å². The van der Waals surface area contributed by atoms with Crippen LogP contribution in [-0.2, 0) is 4.79 Å². The number of amides is 1. The number of carbonyl (C=O) groups is 1. The molecule has 0 aliphatic heterocycles. The molecule has 86 valence electrons. The number of rotatable bonds is 5. The Morgan fingerprint density at radius 3 is 2.50 bits per heavy atom. The molecule has 0 fully saturated rings. The van der Waals surface area contributed by atoms with Crippen molar-refractivity contribution in [1.82, 2.24) is 0 Å². The minimum atomic E-state index is -0.0975. The lowest BCUT2D eigenvalue weighted by Crippen LogP contribution is -2.32. The Hall–Kier alpha value is -1.61. The van der Waals surface area contributed by atoms with E-state index in [1.807, 2.05) is 30.3 Å². The summed E-state index contributed by atoms with van der Waals surface area (Å²) in [6.45, 7) is 5.93. The average Bonchev–Trinajstić information content (AvgIpc) is 2.30. The van der Waals surface area contributed by atoms with Crippen LogP contribution in [0.5, 0.6) is 0 Å². The van der Waals surface area contributed by atoms with Gasteiger partial charge in [0.15, 0.2) is 0 Å². The van der Waals surface area contributed by atoms with E-state index in [0.29, 0.717) is 18.5 Å². The van der Waals surface area contributed by atoms with Gasteiger partial charge in [0, 0.05) is 24.4 Å². The third kappa shape index (κ3) is 3.21. The SMILES string of the molecule is C=C(C)C(=O)N(CCCO)c1ccccc1. The Labute approximate surface area is 96.0 Å². The first-order valence-electron chi connectivity index (χ1n) is 5.30. The second-order valence-corrected chi connectivity index (χ2v) is 3.65. The highest BCUT2D eigenvalue weighted by molar-refractivity contribution is 6.04. The fraction of sp³-hybridized carbons (Fsp3) is 0.308. The van der Waals surface area contributed by atoms with Gasteiger partial charge in [-0.05, 0) is 25.5 Å². The largest absolute Gasteiger partial charge is 0.396 e. The highest BCUT2D eigenvalue weighted by Gasteiger charge is 2.15. The van der Waals surface area contributed by atoms with Crippen LogP contribution in [0.15, 0.2) is 42.5 Å². The van der Waals surface area contributed by atoms with Gasteiger partial charge in [-0.2, -0.15) is 0 Å². The first-order valence-corrected chi connectivity index (χ1v) is 5.30. The first-order chi connectivity index (χ1) is 7.66. The van der Waals surface area contributed by atoms with E-state index in [4.69, 9.17) is 5.11 Å². The molecule has 0 heterocycles. The number of hydrogen-bond acceptors (Lipinski definition) is 2. The van der Waals surface area contributed by atoms with E-state index in [9.17, 15) is 4.79 Å². The van der Waals surface area contributed by atoms with Gasteiger partial charge >= 0.3 is 0 Å².